The maximum absolute atomic E-state index is 10.5. The van der Waals surface area contributed by atoms with Crippen LogP contribution in [0, 0.1) is 0 Å². The molecule has 1 rings (SSSR count). The van der Waals surface area contributed by atoms with Gasteiger partial charge in [-0.3, -0.25) is 4.18 Å². The van der Waals surface area contributed by atoms with Crippen LogP contribution < -0.4 is 0 Å². The predicted molar refractivity (Wildman–Crippen MR) is 32.7 cm³/mol. The minimum atomic E-state index is -1.06. The molecule has 1 heterocycles. The highest BCUT2D eigenvalue weighted by molar-refractivity contribution is 7.80. The molecule has 1 unspecified atom stereocenters. The molecule has 0 saturated heterocycles. The van der Waals surface area contributed by atoms with Crippen LogP contribution in [0.4, 0.5) is 0 Å². The van der Waals surface area contributed by atoms with Crippen molar-refractivity contribution in [1.82, 2.24) is 0 Å². The molecular weight excluding hydrogens is 124 g/mol. The largest absolute Gasteiger partial charge is 0.283 e. The van der Waals surface area contributed by atoms with E-state index in [0.29, 0.717) is 5.75 Å². The van der Waals surface area contributed by atoms with Crippen LogP contribution in [0.3, 0.4) is 0 Å². The van der Waals surface area contributed by atoms with Gasteiger partial charge in [-0.1, -0.05) is 12.2 Å². The van der Waals surface area contributed by atoms with Gasteiger partial charge < -0.3 is 0 Å². The first kappa shape index (κ1) is 5.98. The molecule has 0 aromatic heterocycles. The monoisotopic (exact) mass is 132 g/mol. The van der Waals surface area contributed by atoms with Gasteiger partial charge in [-0.05, 0) is 6.92 Å². The van der Waals surface area contributed by atoms with Crippen molar-refractivity contribution >= 4 is 11.1 Å². The average molecular weight is 132 g/mol. The summed E-state index contributed by atoms with van der Waals surface area (Å²) < 4.78 is 15.4. The van der Waals surface area contributed by atoms with Crippen molar-refractivity contribution in [1.29, 1.82) is 0 Å². The van der Waals surface area contributed by atoms with Crippen LogP contribution in [0.5, 0.6) is 0 Å². The number of hydrogen-bond donors (Lipinski definition) is 0. The van der Waals surface area contributed by atoms with E-state index in [1.54, 1.807) is 0 Å². The molecule has 2 atom stereocenters. The van der Waals surface area contributed by atoms with Crippen molar-refractivity contribution in [2.75, 3.05) is 5.75 Å². The standard InChI is InChI=1S/C5H8O2S/c1-5-3-2-4-8(6)7-5/h2-3,5H,4H2,1H3/t5-,8?/m0/s1. The van der Waals surface area contributed by atoms with E-state index in [4.69, 9.17) is 4.18 Å². The van der Waals surface area contributed by atoms with Crippen molar-refractivity contribution in [2.45, 2.75) is 13.0 Å². The van der Waals surface area contributed by atoms with E-state index in [-0.39, 0.29) is 6.10 Å². The third kappa shape index (κ3) is 1.42. The minimum Gasteiger partial charge on any atom is -0.283 e. The minimum absolute atomic E-state index is 0.0320. The number of rotatable bonds is 0. The Balaban J connectivity index is 2.54. The summed E-state index contributed by atoms with van der Waals surface area (Å²) in [7, 11) is 0. The van der Waals surface area contributed by atoms with Crippen LogP contribution in [0.1, 0.15) is 6.92 Å². The fraction of sp³-hybridized carbons (Fsp3) is 0.600. The molecule has 0 aromatic carbocycles. The summed E-state index contributed by atoms with van der Waals surface area (Å²) in [6.07, 6.45) is 3.82. The van der Waals surface area contributed by atoms with Crippen molar-refractivity contribution in [2.24, 2.45) is 0 Å². The predicted octanol–water partition coefficient (Wildman–Crippen LogP) is 0.625. The molecule has 0 N–H and O–H groups in total. The molecule has 0 spiro atoms. The molecule has 3 heteroatoms. The molecule has 0 fully saturated rings. The van der Waals surface area contributed by atoms with Gasteiger partial charge in [0, 0.05) is 0 Å². The first-order valence-electron chi connectivity index (χ1n) is 2.51. The Morgan fingerprint density at radius 3 is 3.00 bits per heavy atom. The zero-order valence-electron chi connectivity index (χ0n) is 4.66. The smallest absolute Gasteiger partial charge is 0.159 e. The highest BCUT2D eigenvalue weighted by Gasteiger charge is 2.07. The highest BCUT2D eigenvalue weighted by Crippen LogP contribution is 2.03. The van der Waals surface area contributed by atoms with Crippen molar-refractivity contribution in [3.63, 3.8) is 0 Å². The highest BCUT2D eigenvalue weighted by atomic mass is 32.2. The lowest BCUT2D eigenvalue weighted by Crippen LogP contribution is -2.13. The van der Waals surface area contributed by atoms with E-state index < -0.39 is 11.1 Å². The zero-order chi connectivity index (χ0) is 5.98. The van der Waals surface area contributed by atoms with E-state index in [1.807, 2.05) is 19.1 Å². The van der Waals surface area contributed by atoms with Crippen molar-refractivity contribution in [3.05, 3.63) is 12.2 Å². The summed E-state index contributed by atoms with van der Waals surface area (Å²) in [6, 6.07) is 0. The summed E-state index contributed by atoms with van der Waals surface area (Å²) in [4.78, 5) is 0. The van der Waals surface area contributed by atoms with Gasteiger partial charge in [0.1, 0.15) is 0 Å². The lowest BCUT2D eigenvalue weighted by Gasteiger charge is -2.09. The Kier molecular flexibility index (Phi) is 1.81. The molecular formula is C5H8O2S. The first-order valence-corrected chi connectivity index (χ1v) is 3.75. The fourth-order valence-electron chi connectivity index (χ4n) is 0.566. The summed E-state index contributed by atoms with van der Waals surface area (Å²) in [5.74, 6) is 0.546. The second kappa shape index (κ2) is 2.42. The molecule has 2 nitrogen and oxygen atoms in total. The maximum atomic E-state index is 10.5. The first-order chi connectivity index (χ1) is 3.79. The molecule has 0 aliphatic carbocycles. The van der Waals surface area contributed by atoms with Gasteiger partial charge in [0.25, 0.3) is 0 Å². The summed E-state index contributed by atoms with van der Waals surface area (Å²) in [6.45, 7) is 1.87. The molecule has 1 aliphatic heterocycles. The molecule has 0 saturated carbocycles. The Morgan fingerprint density at radius 2 is 2.62 bits per heavy atom. The topological polar surface area (TPSA) is 26.3 Å². The van der Waals surface area contributed by atoms with E-state index in [2.05, 4.69) is 0 Å². The second-order valence-corrected chi connectivity index (χ2v) is 2.83. The lowest BCUT2D eigenvalue weighted by atomic mass is 10.4. The number of hydrogen-bond acceptors (Lipinski definition) is 2. The third-order valence-electron chi connectivity index (χ3n) is 0.899. The molecule has 0 radical (unpaired) electrons. The SMILES string of the molecule is C[C@H]1C=CCS(=O)O1. The molecule has 8 heavy (non-hydrogen) atoms. The van der Waals surface area contributed by atoms with Gasteiger partial charge in [0.05, 0.1) is 11.9 Å². The Bertz CT molecular complexity index is 130. The molecule has 0 bridgehead atoms. The van der Waals surface area contributed by atoms with Crippen LogP contribution in [0.15, 0.2) is 12.2 Å². The van der Waals surface area contributed by atoms with Gasteiger partial charge in [-0.15, -0.1) is 0 Å². The van der Waals surface area contributed by atoms with Crippen LogP contribution in [-0.4, -0.2) is 16.1 Å². The van der Waals surface area contributed by atoms with Crippen molar-refractivity contribution < 1.29 is 8.39 Å². The molecule has 46 valence electrons. The summed E-state index contributed by atoms with van der Waals surface area (Å²) in [5.41, 5.74) is 0. The lowest BCUT2D eigenvalue weighted by molar-refractivity contribution is 0.295. The van der Waals surface area contributed by atoms with E-state index in [9.17, 15) is 4.21 Å². The second-order valence-electron chi connectivity index (χ2n) is 1.70. The van der Waals surface area contributed by atoms with Crippen molar-refractivity contribution in [3.8, 4) is 0 Å². The quantitative estimate of drug-likeness (QED) is 0.452. The van der Waals surface area contributed by atoms with Gasteiger partial charge in [-0.25, -0.2) is 4.21 Å². The normalized spacial score (nSPS) is 37.6. The molecule has 0 aromatic rings. The third-order valence-corrected chi connectivity index (χ3v) is 1.88. The maximum Gasteiger partial charge on any atom is 0.159 e. The molecule has 1 aliphatic rings. The summed E-state index contributed by atoms with van der Waals surface area (Å²) in [5, 5.41) is 0. The van der Waals surface area contributed by atoms with E-state index >= 15 is 0 Å². The van der Waals surface area contributed by atoms with Crippen LogP contribution in [0.25, 0.3) is 0 Å². The van der Waals surface area contributed by atoms with Gasteiger partial charge in [0.2, 0.25) is 0 Å². The Labute approximate surface area is 51.2 Å². The van der Waals surface area contributed by atoms with Gasteiger partial charge in [0.15, 0.2) is 11.1 Å². The average Bonchev–Trinajstić information content (AvgIpc) is 1.64. The van der Waals surface area contributed by atoms with Crippen LogP contribution in [0.2, 0.25) is 0 Å². The van der Waals surface area contributed by atoms with Gasteiger partial charge >= 0.3 is 0 Å². The zero-order valence-corrected chi connectivity index (χ0v) is 5.48. The fourth-order valence-corrected chi connectivity index (χ4v) is 1.32. The Morgan fingerprint density at radius 1 is 1.88 bits per heavy atom. The van der Waals surface area contributed by atoms with Crippen LogP contribution >= 0.6 is 0 Å². The van der Waals surface area contributed by atoms with Gasteiger partial charge in [-0.2, -0.15) is 0 Å². The van der Waals surface area contributed by atoms with E-state index in [0.717, 1.165) is 0 Å². The summed E-state index contributed by atoms with van der Waals surface area (Å²) >= 11 is -1.06. The van der Waals surface area contributed by atoms with Crippen LogP contribution in [-0.2, 0) is 15.3 Å². The Hall–Kier alpha value is -0.150. The molecule has 0 amide bonds. The van der Waals surface area contributed by atoms with E-state index in [1.165, 1.54) is 0 Å².